The summed E-state index contributed by atoms with van der Waals surface area (Å²) in [5.74, 6) is 0.246. The molecule has 0 radical (unpaired) electrons. The predicted molar refractivity (Wildman–Crippen MR) is 106 cm³/mol. The molecule has 0 aliphatic carbocycles. The van der Waals surface area contributed by atoms with Crippen molar-refractivity contribution < 1.29 is 26.3 Å². The summed E-state index contributed by atoms with van der Waals surface area (Å²) in [5, 5.41) is 0. The van der Waals surface area contributed by atoms with Gasteiger partial charge in [-0.05, 0) is 31.0 Å². The lowest BCUT2D eigenvalue weighted by atomic mass is 10.2. The largest absolute Gasteiger partial charge is 0.495 e. The average molecular weight is 434 g/mol. The molecule has 1 N–H and O–H groups in total. The highest BCUT2D eigenvalue weighted by Gasteiger charge is 2.28. The third-order valence-electron chi connectivity index (χ3n) is 4.90. The molecule has 0 unspecified atom stereocenters. The van der Waals surface area contributed by atoms with Crippen molar-refractivity contribution in [3.63, 3.8) is 0 Å². The SMILES string of the molecule is COc1ccc(N2CCCCS2(=O)=O)cc1S(=O)(=O)NCCN1CCOCC1. The van der Waals surface area contributed by atoms with Crippen molar-refractivity contribution >= 4 is 25.7 Å². The third-order valence-corrected chi connectivity index (χ3v) is 8.25. The molecule has 2 saturated heterocycles. The fraction of sp³-hybridized carbons (Fsp3) is 0.647. The van der Waals surface area contributed by atoms with E-state index in [0.29, 0.717) is 38.4 Å². The summed E-state index contributed by atoms with van der Waals surface area (Å²) in [6, 6.07) is 4.45. The molecular formula is C17H27N3O6S2. The van der Waals surface area contributed by atoms with Crippen LogP contribution in [0.25, 0.3) is 0 Å². The number of hydrogen-bond acceptors (Lipinski definition) is 7. The average Bonchev–Trinajstić information content (AvgIpc) is 2.68. The monoisotopic (exact) mass is 433 g/mol. The number of ether oxygens (including phenoxy) is 2. The van der Waals surface area contributed by atoms with Gasteiger partial charge in [-0.2, -0.15) is 0 Å². The molecular weight excluding hydrogens is 406 g/mol. The topological polar surface area (TPSA) is 105 Å². The van der Waals surface area contributed by atoms with Crippen LogP contribution < -0.4 is 13.8 Å². The van der Waals surface area contributed by atoms with Crippen LogP contribution in [-0.2, 0) is 24.8 Å². The van der Waals surface area contributed by atoms with E-state index >= 15 is 0 Å². The molecule has 28 heavy (non-hydrogen) atoms. The van der Waals surface area contributed by atoms with Gasteiger partial charge in [-0.25, -0.2) is 21.6 Å². The Bertz CT molecular complexity index is 882. The normalized spacial score (nSPS) is 20.8. The Hall–Kier alpha value is -1.40. The van der Waals surface area contributed by atoms with E-state index < -0.39 is 20.0 Å². The molecule has 0 spiro atoms. The van der Waals surface area contributed by atoms with E-state index in [4.69, 9.17) is 9.47 Å². The van der Waals surface area contributed by atoms with Crippen LogP contribution >= 0.6 is 0 Å². The minimum absolute atomic E-state index is 0.0600. The molecule has 2 aliphatic heterocycles. The summed E-state index contributed by atoms with van der Waals surface area (Å²) >= 11 is 0. The summed E-state index contributed by atoms with van der Waals surface area (Å²) < 4.78 is 64.8. The maximum atomic E-state index is 12.8. The molecule has 1 aromatic rings. The van der Waals surface area contributed by atoms with E-state index in [1.165, 1.54) is 23.5 Å². The van der Waals surface area contributed by atoms with Crippen molar-refractivity contribution in [3.05, 3.63) is 18.2 Å². The number of methoxy groups -OCH3 is 1. The molecule has 1 aromatic carbocycles. The predicted octanol–water partition coefficient (Wildman–Crippen LogP) is 0.236. The molecule has 2 heterocycles. The zero-order valence-electron chi connectivity index (χ0n) is 16.0. The number of morpholine rings is 1. The Labute approximate surface area is 166 Å². The minimum atomic E-state index is -3.86. The van der Waals surface area contributed by atoms with Crippen molar-refractivity contribution in [2.24, 2.45) is 0 Å². The van der Waals surface area contributed by atoms with Gasteiger partial charge in [0.15, 0.2) is 0 Å². The number of hydrogen-bond donors (Lipinski definition) is 1. The van der Waals surface area contributed by atoms with Gasteiger partial charge in [0.1, 0.15) is 10.6 Å². The van der Waals surface area contributed by atoms with E-state index in [2.05, 4.69) is 9.62 Å². The standard InChI is InChI=1S/C17H27N3O6S2/c1-25-16-5-4-15(20-7-2-3-13-27(20,21)22)14-17(16)28(23,24)18-6-8-19-9-11-26-12-10-19/h4-5,14,18H,2-3,6-13H2,1H3. The molecule has 0 atom stereocenters. The smallest absolute Gasteiger partial charge is 0.244 e. The van der Waals surface area contributed by atoms with Gasteiger partial charge in [-0.1, -0.05) is 0 Å². The Kier molecular flexibility index (Phi) is 6.81. The third kappa shape index (κ3) is 4.95. The second kappa shape index (κ2) is 8.95. The van der Waals surface area contributed by atoms with Crippen molar-refractivity contribution in [1.29, 1.82) is 0 Å². The van der Waals surface area contributed by atoms with E-state index in [-0.39, 0.29) is 22.9 Å². The van der Waals surface area contributed by atoms with E-state index in [9.17, 15) is 16.8 Å². The van der Waals surface area contributed by atoms with Gasteiger partial charge >= 0.3 is 0 Å². The molecule has 0 aromatic heterocycles. The Balaban J connectivity index is 1.78. The number of anilines is 1. The first kappa shape index (κ1) is 21.3. The van der Waals surface area contributed by atoms with Crippen LogP contribution in [-0.4, -0.2) is 80.5 Å². The second-order valence-electron chi connectivity index (χ2n) is 6.78. The van der Waals surface area contributed by atoms with Crippen LogP contribution in [0, 0.1) is 0 Å². The van der Waals surface area contributed by atoms with Crippen LogP contribution in [0.5, 0.6) is 5.75 Å². The van der Waals surface area contributed by atoms with E-state index in [1.54, 1.807) is 6.07 Å². The van der Waals surface area contributed by atoms with Crippen molar-refractivity contribution in [3.8, 4) is 5.75 Å². The van der Waals surface area contributed by atoms with Crippen LogP contribution in [0.2, 0.25) is 0 Å². The first-order valence-corrected chi connectivity index (χ1v) is 12.4. The quantitative estimate of drug-likeness (QED) is 0.656. The molecule has 2 aliphatic rings. The second-order valence-corrected chi connectivity index (χ2v) is 10.5. The molecule has 0 amide bonds. The summed E-state index contributed by atoms with van der Waals surface area (Å²) in [6.07, 6.45) is 1.36. The molecule has 3 rings (SSSR count). The first-order valence-electron chi connectivity index (χ1n) is 9.32. The van der Waals surface area contributed by atoms with Gasteiger partial charge in [0.05, 0.1) is 31.8 Å². The zero-order valence-corrected chi connectivity index (χ0v) is 17.6. The lowest BCUT2D eigenvalue weighted by Crippen LogP contribution is -2.41. The number of rotatable bonds is 7. The van der Waals surface area contributed by atoms with Crippen LogP contribution in [0.15, 0.2) is 23.1 Å². The summed E-state index contributed by atoms with van der Waals surface area (Å²) in [5.41, 5.74) is 0.342. The Morgan fingerprint density at radius 1 is 1.18 bits per heavy atom. The van der Waals surface area contributed by atoms with E-state index in [1.807, 2.05) is 0 Å². The number of sulfonamides is 2. The Morgan fingerprint density at radius 3 is 2.61 bits per heavy atom. The highest BCUT2D eigenvalue weighted by atomic mass is 32.2. The number of nitrogens with zero attached hydrogens (tertiary/aromatic N) is 2. The molecule has 158 valence electrons. The Morgan fingerprint density at radius 2 is 1.93 bits per heavy atom. The van der Waals surface area contributed by atoms with Crippen molar-refractivity contribution in [1.82, 2.24) is 9.62 Å². The zero-order chi connectivity index (χ0) is 20.2. The highest BCUT2D eigenvalue weighted by molar-refractivity contribution is 7.92. The van der Waals surface area contributed by atoms with Gasteiger partial charge in [-0.3, -0.25) is 9.21 Å². The molecule has 11 heteroatoms. The van der Waals surface area contributed by atoms with Crippen LogP contribution in [0.4, 0.5) is 5.69 Å². The molecule has 2 fully saturated rings. The molecule has 0 bridgehead atoms. The van der Waals surface area contributed by atoms with Crippen LogP contribution in [0.3, 0.4) is 0 Å². The highest BCUT2D eigenvalue weighted by Crippen LogP contribution is 2.31. The summed E-state index contributed by atoms with van der Waals surface area (Å²) in [4.78, 5) is 2.07. The minimum Gasteiger partial charge on any atom is -0.495 e. The number of nitrogens with one attached hydrogen (secondary N) is 1. The van der Waals surface area contributed by atoms with E-state index in [0.717, 1.165) is 19.5 Å². The van der Waals surface area contributed by atoms with Crippen molar-refractivity contribution in [2.45, 2.75) is 17.7 Å². The summed E-state index contributed by atoms with van der Waals surface area (Å²) in [6.45, 7) is 4.00. The van der Waals surface area contributed by atoms with Gasteiger partial charge < -0.3 is 9.47 Å². The van der Waals surface area contributed by atoms with Gasteiger partial charge in [-0.15, -0.1) is 0 Å². The van der Waals surface area contributed by atoms with Gasteiger partial charge in [0.25, 0.3) is 0 Å². The fourth-order valence-electron chi connectivity index (χ4n) is 3.35. The maximum Gasteiger partial charge on any atom is 0.244 e. The van der Waals surface area contributed by atoms with Crippen LogP contribution in [0.1, 0.15) is 12.8 Å². The van der Waals surface area contributed by atoms with Crippen molar-refractivity contribution in [2.75, 3.05) is 63.1 Å². The first-order chi connectivity index (χ1) is 13.3. The van der Waals surface area contributed by atoms with Gasteiger partial charge in [0, 0.05) is 32.7 Å². The van der Waals surface area contributed by atoms with Gasteiger partial charge in [0.2, 0.25) is 20.0 Å². The number of benzene rings is 1. The molecule has 9 nitrogen and oxygen atoms in total. The fourth-order valence-corrected chi connectivity index (χ4v) is 6.19. The maximum absolute atomic E-state index is 12.8. The summed E-state index contributed by atoms with van der Waals surface area (Å²) in [7, 11) is -5.90. The lowest BCUT2D eigenvalue weighted by Gasteiger charge is -2.29. The lowest BCUT2D eigenvalue weighted by molar-refractivity contribution is 0.0390. The molecule has 0 saturated carbocycles.